The van der Waals surface area contributed by atoms with E-state index in [4.69, 9.17) is 13.6 Å². The highest BCUT2D eigenvalue weighted by Gasteiger charge is 2.45. The quantitative estimate of drug-likeness (QED) is 0.331. The monoisotopic (exact) mass is 527 g/mol. The van der Waals surface area contributed by atoms with Crippen molar-refractivity contribution in [2.24, 2.45) is 0 Å². The third-order valence-corrected chi connectivity index (χ3v) is 16.2. The summed E-state index contributed by atoms with van der Waals surface area (Å²) in [6.45, 7) is 27.1. The summed E-state index contributed by atoms with van der Waals surface area (Å²) in [5.41, 5.74) is -0.231. The predicted molar refractivity (Wildman–Crippen MR) is 149 cm³/mol. The lowest BCUT2D eigenvalue weighted by atomic mass is 9.99. The highest BCUT2D eigenvalue weighted by molar-refractivity contribution is 6.74. The Kier molecular flexibility index (Phi) is 10.4. The van der Waals surface area contributed by atoms with Gasteiger partial charge in [-0.25, -0.2) is 9.18 Å². The second-order valence-electron chi connectivity index (χ2n) is 13.5. The molecule has 0 radical (unpaired) electrons. The summed E-state index contributed by atoms with van der Waals surface area (Å²) in [7, 11) is -4.50. The zero-order valence-electron chi connectivity index (χ0n) is 24.3. The average molecular weight is 528 g/mol. The Morgan fingerprint density at radius 2 is 1.37 bits per heavy atom. The van der Waals surface area contributed by atoms with Crippen molar-refractivity contribution in [3.05, 3.63) is 35.9 Å². The molecule has 0 bridgehead atoms. The minimum atomic E-state index is -2.34. The SMILES string of the molecule is CC(C)(C)OC(=O)NC(C(CO[Si](C)(C)C(C)(C)C)O[Si](C)(C)C(C)(C)C)C(F)c1ccccc1. The summed E-state index contributed by atoms with van der Waals surface area (Å²) < 4.78 is 35.0. The number of benzene rings is 1. The van der Waals surface area contributed by atoms with Gasteiger partial charge in [0.1, 0.15) is 11.8 Å². The van der Waals surface area contributed by atoms with Crippen molar-refractivity contribution < 1.29 is 22.8 Å². The van der Waals surface area contributed by atoms with Gasteiger partial charge < -0.3 is 18.9 Å². The summed E-state index contributed by atoms with van der Waals surface area (Å²) in [4.78, 5) is 12.9. The number of amides is 1. The zero-order valence-corrected chi connectivity index (χ0v) is 26.3. The summed E-state index contributed by atoms with van der Waals surface area (Å²) in [5, 5.41) is 2.70. The van der Waals surface area contributed by atoms with Gasteiger partial charge in [0.25, 0.3) is 0 Å². The zero-order chi connectivity index (χ0) is 27.5. The molecule has 1 rings (SSSR count). The van der Waals surface area contributed by atoms with E-state index in [0.29, 0.717) is 5.56 Å². The summed E-state index contributed by atoms with van der Waals surface area (Å²) >= 11 is 0. The maximum absolute atomic E-state index is 16.2. The minimum Gasteiger partial charge on any atom is -0.444 e. The van der Waals surface area contributed by atoms with Crippen molar-refractivity contribution in [1.29, 1.82) is 0 Å². The van der Waals surface area contributed by atoms with Crippen LogP contribution in [-0.2, 0) is 13.6 Å². The Bertz CT molecular complexity index is 811. The summed E-state index contributed by atoms with van der Waals surface area (Å²) in [6, 6.07) is 7.91. The molecule has 0 aliphatic carbocycles. The first-order chi connectivity index (χ1) is 15.6. The molecule has 1 aromatic rings. The van der Waals surface area contributed by atoms with E-state index in [1.807, 2.05) is 6.07 Å². The highest BCUT2D eigenvalue weighted by atomic mass is 28.4. The van der Waals surface area contributed by atoms with Crippen LogP contribution in [0.5, 0.6) is 0 Å². The summed E-state index contributed by atoms with van der Waals surface area (Å²) in [6.07, 6.45) is -2.86. The predicted octanol–water partition coefficient (Wildman–Crippen LogP) is 8.00. The van der Waals surface area contributed by atoms with Crippen molar-refractivity contribution in [2.45, 2.75) is 122 Å². The molecule has 0 aliphatic rings. The molecular formula is C27H50FNO4Si2. The van der Waals surface area contributed by atoms with Crippen molar-refractivity contribution in [1.82, 2.24) is 5.32 Å². The lowest BCUT2D eigenvalue weighted by molar-refractivity contribution is 0.0209. The van der Waals surface area contributed by atoms with Gasteiger partial charge in [-0.2, -0.15) is 0 Å². The van der Waals surface area contributed by atoms with Gasteiger partial charge in [0, 0.05) is 0 Å². The third kappa shape index (κ3) is 9.63. The van der Waals surface area contributed by atoms with Gasteiger partial charge in [-0.05, 0) is 62.6 Å². The van der Waals surface area contributed by atoms with E-state index in [-0.39, 0.29) is 16.7 Å². The molecule has 1 aromatic carbocycles. The molecule has 1 amide bonds. The number of hydrogen-bond donors (Lipinski definition) is 1. The van der Waals surface area contributed by atoms with Crippen LogP contribution < -0.4 is 5.32 Å². The van der Waals surface area contributed by atoms with Gasteiger partial charge in [0.15, 0.2) is 16.6 Å². The normalized spacial score (nSPS) is 16.4. The Morgan fingerprint density at radius 1 is 0.886 bits per heavy atom. The van der Waals surface area contributed by atoms with Crippen molar-refractivity contribution in [3.63, 3.8) is 0 Å². The standard InChI is InChI=1S/C27H50FNO4Si2/c1-25(2,3)32-24(30)29-23(22(28)20-17-15-14-16-18-20)21(33-35(12,13)27(7,8)9)19-31-34(10,11)26(4,5)6/h14-18,21-23H,19H2,1-13H3,(H,29,30). The lowest BCUT2D eigenvalue weighted by Gasteiger charge is -2.44. The second kappa shape index (κ2) is 11.4. The van der Waals surface area contributed by atoms with E-state index in [0.717, 1.165) is 0 Å². The molecule has 1 N–H and O–H groups in total. The van der Waals surface area contributed by atoms with E-state index in [2.05, 4.69) is 73.0 Å². The second-order valence-corrected chi connectivity index (χ2v) is 23.0. The molecule has 0 heterocycles. The van der Waals surface area contributed by atoms with Crippen LogP contribution >= 0.6 is 0 Å². The fourth-order valence-corrected chi connectivity index (χ4v) is 5.25. The number of carbonyl (C=O) groups is 1. The number of hydrogen-bond acceptors (Lipinski definition) is 4. The Labute approximate surface area is 215 Å². The molecule has 0 saturated heterocycles. The van der Waals surface area contributed by atoms with Gasteiger partial charge in [0.2, 0.25) is 0 Å². The average Bonchev–Trinajstić information content (AvgIpc) is 2.66. The Balaban J connectivity index is 3.47. The molecule has 8 heteroatoms. The molecule has 5 nitrogen and oxygen atoms in total. The largest absolute Gasteiger partial charge is 0.444 e. The maximum atomic E-state index is 16.2. The van der Waals surface area contributed by atoms with E-state index in [1.165, 1.54) is 0 Å². The number of alkyl carbamates (subject to hydrolysis) is 1. The number of ether oxygens (including phenoxy) is 1. The third-order valence-electron chi connectivity index (χ3n) is 7.18. The van der Waals surface area contributed by atoms with Crippen LogP contribution in [0.25, 0.3) is 0 Å². The van der Waals surface area contributed by atoms with Crippen LogP contribution in [0.15, 0.2) is 30.3 Å². The Hall–Kier alpha value is -1.23. The molecule has 0 fully saturated rings. The lowest BCUT2D eigenvalue weighted by Crippen LogP contribution is -2.56. The van der Waals surface area contributed by atoms with Crippen molar-refractivity contribution in [3.8, 4) is 0 Å². The number of rotatable bonds is 9. The smallest absolute Gasteiger partial charge is 0.408 e. The maximum Gasteiger partial charge on any atom is 0.408 e. The van der Waals surface area contributed by atoms with E-state index < -0.39 is 46.6 Å². The van der Waals surface area contributed by atoms with Crippen LogP contribution in [0.4, 0.5) is 9.18 Å². The fraction of sp³-hybridized carbons (Fsp3) is 0.741. The van der Waals surface area contributed by atoms with Gasteiger partial charge in [-0.15, -0.1) is 0 Å². The van der Waals surface area contributed by atoms with Crippen LogP contribution in [0.1, 0.15) is 74.0 Å². The number of halogens is 1. The van der Waals surface area contributed by atoms with Crippen LogP contribution in [0, 0.1) is 0 Å². The van der Waals surface area contributed by atoms with Crippen molar-refractivity contribution >= 4 is 22.7 Å². The van der Waals surface area contributed by atoms with Gasteiger partial charge >= 0.3 is 6.09 Å². The number of alkyl halides is 1. The van der Waals surface area contributed by atoms with E-state index in [1.54, 1.807) is 45.0 Å². The minimum absolute atomic E-state index is 0.0167. The molecule has 0 saturated carbocycles. The van der Waals surface area contributed by atoms with Crippen LogP contribution in [0.2, 0.25) is 36.3 Å². The molecule has 0 aromatic heterocycles. The fourth-order valence-electron chi connectivity index (χ4n) is 2.92. The van der Waals surface area contributed by atoms with Crippen LogP contribution in [0.3, 0.4) is 0 Å². The van der Waals surface area contributed by atoms with E-state index >= 15 is 4.39 Å². The van der Waals surface area contributed by atoms with Gasteiger partial charge in [-0.1, -0.05) is 71.9 Å². The van der Waals surface area contributed by atoms with E-state index in [9.17, 15) is 4.79 Å². The topological polar surface area (TPSA) is 56.8 Å². The first-order valence-electron chi connectivity index (χ1n) is 12.6. The molecule has 0 spiro atoms. The molecule has 0 aliphatic heterocycles. The molecule has 202 valence electrons. The highest BCUT2D eigenvalue weighted by Crippen LogP contribution is 2.40. The first-order valence-corrected chi connectivity index (χ1v) is 18.4. The van der Waals surface area contributed by atoms with Gasteiger partial charge in [0.05, 0.1) is 18.8 Å². The number of carbonyl (C=O) groups excluding carboxylic acids is 1. The molecule has 35 heavy (non-hydrogen) atoms. The molecular weight excluding hydrogens is 477 g/mol. The van der Waals surface area contributed by atoms with Crippen LogP contribution in [-0.4, -0.2) is 47.1 Å². The van der Waals surface area contributed by atoms with Gasteiger partial charge in [-0.3, -0.25) is 0 Å². The summed E-state index contributed by atoms with van der Waals surface area (Å²) in [5.74, 6) is 0. The Morgan fingerprint density at radius 3 is 1.80 bits per heavy atom. The molecule has 3 unspecified atom stereocenters. The van der Waals surface area contributed by atoms with Crippen molar-refractivity contribution in [2.75, 3.05) is 6.61 Å². The number of nitrogens with one attached hydrogen (secondary N) is 1. The first kappa shape index (κ1) is 31.8. The molecule has 3 atom stereocenters.